The number of nitrogens with zero attached hydrogens (tertiary/aromatic N) is 4. The van der Waals surface area contributed by atoms with Gasteiger partial charge in [-0.2, -0.15) is 0 Å². The number of aromatic nitrogens is 3. The van der Waals surface area contributed by atoms with Crippen LogP contribution < -0.4 is 4.90 Å². The second-order valence-corrected chi connectivity index (χ2v) is 7.42. The zero-order chi connectivity index (χ0) is 18.5. The Bertz CT molecular complexity index is 862. The molecule has 4 rings (SSSR count). The number of aryl methyl sites for hydroxylation is 1. The van der Waals surface area contributed by atoms with E-state index in [1.807, 2.05) is 12.4 Å². The maximum Gasteiger partial charge on any atom is 0.129 e. The van der Waals surface area contributed by atoms with Crippen LogP contribution in [-0.2, 0) is 12.8 Å². The normalized spacial score (nSPS) is 14.5. The lowest BCUT2D eigenvalue weighted by atomic mass is 9.93. The molecule has 146 valence electrons. The molecule has 0 atom stereocenters. The standard InChI is InChI=1S/C23H26N4.ClH/c1-18-15-21(16-19-5-3-2-4-6-19)26-23(25-18)17-20-9-13-27(14-10-20)22-7-11-24-12-8-22;/h2-8,11-12,15,20H,9-10,13-14,16-17H2,1H3;1H. The predicted octanol–water partition coefficient (Wildman–Crippen LogP) is 4.65. The fourth-order valence-corrected chi connectivity index (χ4v) is 3.90. The molecule has 2 aromatic heterocycles. The minimum absolute atomic E-state index is 0. The van der Waals surface area contributed by atoms with E-state index in [-0.39, 0.29) is 12.4 Å². The molecule has 1 aromatic carbocycles. The molecule has 28 heavy (non-hydrogen) atoms. The summed E-state index contributed by atoms with van der Waals surface area (Å²) in [5.74, 6) is 1.66. The first kappa shape index (κ1) is 20.3. The molecule has 0 saturated carbocycles. The van der Waals surface area contributed by atoms with Gasteiger partial charge in [0.2, 0.25) is 0 Å². The van der Waals surface area contributed by atoms with Crippen LogP contribution in [-0.4, -0.2) is 28.0 Å². The van der Waals surface area contributed by atoms with E-state index in [1.165, 1.54) is 24.1 Å². The molecule has 0 radical (unpaired) electrons. The Hall–Kier alpha value is -2.46. The van der Waals surface area contributed by atoms with Gasteiger partial charge in [0.15, 0.2) is 0 Å². The van der Waals surface area contributed by atoms with E-state index in [0.717, 1.165) is 43.1 Å². The van der Waals surface area contributed by atoms with Crippen LogP contribution in [0.3, 0.4) is 0 Å². The highest BCUT2D eigenvalue weighted by molar-refractivity contribution is 5.85. The largest absolute Gasteiger partial charge is 0.371 e. The van der Waals surface area contributed by atoms with Gasteiger partial charge < -0.3 is 4.90 Å². The average molecular weight is 395 g/mol. The number of hydrogen-bond donors (Lipinski definition) is 0. The zero-order valence-electron chi connectivity index (χ0n) is 16.3. The van der Waals surface area contributed by atoms with Crippen LogP contribution in [0, 0.1) is 12.8 Å². The van der Waals surface area contributed by atoms with Crippen molar-refractivity contribution in [3.05, 3.63) is 83.7 Å². The van der Waals surface area contributed by atoms with Crippen LogP contribution in [0.1, 0.15) is 35.6 Å². The SMILES string of the molecule is Cc1cc(Cc2ccccc2)nc(CC2CCN(c3ccncc3)CC2)n1.Cl. The van der Waals surface area contributed by atoms with E-state index in [4.69, 9.17) is 9.97 Å². The first-order valence-corrected chi connectivity index (χ1v) is 9.78. The van der Waals surface area contributed by atoms with Gasteiger partial charge in [0, 0.05) is 55.4 Å². The molecule has 4 nitrogen and oxygen atoms in total. The minimum atomic E-state index is 0. The van der Waals surface area contributed by atoms with Crippen molar-refractivity contribution in [1.29, 1.82) is 0 Å². The molecule has 1 saturated heterocycles. The van der Waals surface area contributed by atoms with Crippen LogP contribution in [0.5, 0.6) is 0 Å². The molecule has 5 heteroatoms. The summed E-state index contributed by atoms with van der Waals surface area (Å²) in [5.41, 5.74) is 4.77. The monoisotopic (exact) mass is 394 g/mol. The number of pyridine rings is 1. The fraction of sp³-hybridized carbons (Fsp3) is 0.348. The van der Waals surface area contributed by atoms with Crippen molar-refractivity contribution >= 4 is 18.1 Å². The van der Waals surface area contributed by atoms with Crippen LogP contribution in [0.15, 0.2) is 60.9 Å². The summed E-state index contributed by atoms with van der Waals surface area (Å²) in [5, 5.41) is 0. The summed E-state index contributed by atoms with van der Waals surface area (Å²) in [7, 11) is 0. The van der Waals surface area contributed by atoms with Gasteiger partial charge in [-0.1, -0.05) is 30.3 Å². The van der Waals surface area contributed by atoms with Crippen molar-refractivity contribution in [2.75, 3.05) is 18.0 Å². The zero-order valence-corrected chi connectivity index (χ0v) is 17.1. The van der Waals surface area contributed by atoms with Crippen molar-refractivity contribution < 1.29 is 0 Å². The Morgan fingerprint density at radius 3 is 2.39 bits per heavy atom. The number of hydrogen-bond acceptors (Lipinski definition) is 4. The Balaban J connectivity index is 0.00000225. The van der Waals surface area contributed by atoms with Gasteiger partial charge in [0.25, 0.3) is 0 Å². The lowest BCUT2D eigenvalue weighted by molar-refractivity contribution is 0.396. The molecule has 0 N–H and O–H groups in total. The third kappa shape index (κ3) is 5.29. The molecule has 0 spiro atoms. The molecule has 0 amide bonds. The molecule has 3 heterocycles. The van der Waals surface area contributed by atoms with Crippen LogP contribution in [0.25, 0.3) is 0 Å². The van der Waals surface area contributed by atoms with Crippen molar-refractivity contribution in [1.82, 2.24) is 15.0 Å². The lowest BCUT2D eigenvalue weighted by Crippen LogP contribution is -2.34. The van der Waals surface area contributed by atoms with Gasteiger partial charge in [-0.15, -0.1) is 12.4 Å². The average Bonchev–Trinajstić information content (AvgIpc) is 2.70. The summed E-state index contributed by atoms with van der Waals surface area (Å²) in [6.45, 7) is 4.26. The number of anilines is 1. The molecule has 1 fully saturated rings. The molecule has 0 aliphatic carbocycles. The van der Waals surface area contributed by atoms with Gasteiger partial charge in [-0.3, -0.25) is 4.98 Å². The van der Waals surface area contributed by atoms with Crippen LogP contribution >= 0.6 is 12.4 Å². The summed E-state index contributed by atoms with van der Waals surface area (Å²) in [4.78, 5) is 16.1. The maximum atomic E-state index is 4.87. The number of halogens is 1. The topological polar surface area (TPSA) is 41.9 Å². The highest BCUT2D eigenvalue weighted by Crippen LogP contribution is 2.25. The van der Waals surface area contributed by atoms with Crippen molar-refractivity contribution in [2.24, 2.45) is 5.92 Å². The van der Waals surface area contributed by atoms with Gasteiger partial charge in [-0.05, 0) is 49.4 Å². The summed E-state index contributed by atoms with van der Waals surface area (Å²) < 4.78 is 0. The van der Waals surface area contributed by atoms with Gasteiger partial charge >= 0.3 is 0 Å². The van der Waals surface area contributed by atoms with Gasteiger partial charge in [0.1, 0.15) is 5.82 Å². The number of rotatable bonds is 5. The Morgan fingerprint density at radius 2 is 1.68 bits per heavy atom. The van der Waals surface area contributed by atoms with Gasteiger partial charge in [-0.25, -0.2) is 9.97 Å². The molecule has 1 aliphatic rings. The second kappa shape index (κ2) is 9.65. The summed E-state index contributed by atoms with van der Waals surface area (Å²) in [6, 6.07) is 16.8. The third-order valence-electron chi connectivity index (χ3n) is 5.30. The maximum absolute atomic E-state index is 4.87. The molecular weight excluding hydrogens is 368 g/mol. The molecule has 1 aliphatic heterocycles. The highest BCUT2D eigenvalue weighted by Gasteiger charge is 2.21. The smallest absolute Gasteiger partial charge is 0.129 e. The molecule has 0 bridgehead atoms. The van der Waals surface area contributed by atoms with E-state index >= 15 is 0 Å². The van der Waals surface area contributed by atoms with Crippen molar-refractivity contribution in [2.45, 2.75) is 32.6 Å². The van der Waals surface area contributed by atoms with Crippen LogP contribution in [0.4, 0.5) is 5.69 Å². The second-order valence-electron chi connectivity index (χ2n) is 7.42. The quantitative estimate of drug-likeness (QED) is 0.631. The van der Waals surface area contributed by atoms with Crippen molar-refractivity contribution in [3.8, 4) is 0 Å². The Labute approximate surface area is 173 Å². The highest BCUT2D eigenvalue weighted by atomic mass is 35.5. The Morgan fingerprint density at radius 1 is 0.964 bits per heavy atom. The van der Waals surface area contributed by atoms with E-state index < -0.39 is 0 Å². The van der Waals surface area contributed by atoms with Crippen LogP contribution in [0.2, 0.25) is 0 Å². The molecule has 3 aromatic rings. The summed E-state index contributed by atoms with van der Waals surface area (Å²) in [6.07, 6.45) is 7.97. The Kier molecular flexibility index (Phi) is 6.99. The summed E-state index contributed by atoms with van der Waals surface area (Å²) >= 11 is 0. The minimum Gasteiger partial charge on any atom is -0.371 e. The van der Waals surface area contributed by atoms with E-state index in [0.29, 0.717) is 5.92 Å². The molecule has 0 unspecified atom stereocenters. The van der Waals surface area contributed by atoms with E-state index in [1.54, 1.807) is 0 Å². The number of benzene rings is 1. The molecular formula is C23H27ClN4. The predicted molar refractivity (Wildman–Crippen MR) is 116 cm³/mol. The van der Waals surface area contributed by atoms with E-state index in [2.05, 4.69) is 65.3 Å². The number of piperidine rings is 1. The first-order valence-electron chi connectivity index (χ1n) is 9.78. The van der Waals surface area contributed by atoms with Crippen molar-refractivity contribution in [3.63, 3.8) is 0 Å². The fourth-order valence-electron chi connectivity index (χ4n) is 3.90. The lowest BCUT2D eigenvalue weighted by Gasteiger charge is -2.33. The third-order valence-corrected chi connectivity index (χ3v) is 5.30. The van der Waals surface area contributed by atoms with Gasteiger partial charge in [0.05, 0.1) is 0 Å². The first-order chi connectivity index (χ1) is 13.3. The van der Waals surface area contributed by atoms with E-state index in [9.17, 15) is 0 Å².